The molecule has 32 heavy (non-hydrogen) atoms. The highest BCUT2D eigenvalue weighted by Gasteiger charge is 2.24. The number of unbranched alkanes of at least 4 members (excludes halogenated alkanes) is 1. The zero-order chi connectivity index (χ0) is 23.3. The van der Waals surface area contributed by atoms with E-state index in [4.69, 9.17) is 9.52 Å². The molecule has 0 unspecified atom stereocenters. The minimum Gasteiger partial charge on any atom is -0.420 e. The first-order chi connectivity index (χ1) is 15.2. The molecule has 1 amide bonds. The quantitative estimate of drug-likeness (QED) is 0.479. The highest BCUT2D eigenvalue weighted by Crippen LogP contribution is 2.29. The van der Waals surface area contributed by atoms with Crippen LogP contribution in [0.5, 0.6) is 0 Å². The third kappa shape index (κ3) is 5.64. The molecular weight excluding hydrogens is 402 g/mol. The Kier molecular flexibility index (Phi) is 7.48. The first-order valence-electron chi connectivity index (χ1n) is 11.5. The Morgan fingerprint density at radius 1 is 1.19 bits per heavy atom. The van der Waals surface area contributed by atoms with Gasteiger partial charge in [-0.2, -0.15) is 5.10 Å². The second kappa shape index (κ2) is 10.1. The second-order valence-electron chi connectivity index (χ2n) is 9.38. The molecule has 1 atom stereocenters. The summed E-state index contributed by atoms with van der Waals surface area (Å²) in [5.41, 5.74) is 2.88. The van der Waals surface area contributed by atoms with Gasteiger partial charge >= 0.3 is 0 Å². The summed E-state index contributed by atoms with van der Waals surface area (Å²) < 4.78 is 7.44. The van der Waals surface area contributed by atoms with Gasteiger partial charge < -0.3 is 9.73 Å². The number of nitrogens with zero attached hydrogens (tertiary/aromatic N) is 4. The van der Waals surface area contributed by atoms with Crippen LogP contribution in [0.4, 0.5) is 0 Å². The van der Waals surface area contributed by atoms with Crippen LogP contribution in [0.2, 0.25) is 0 Å². The third-order valence-corrected chi connectivity index (χ3v) is 5.67. The lowest BCUT2D eigenvalue weighted by atomic mass is 9.91. The van der Waals surface area contributed by atoms with Crippen LogP contribution in [0.1, 0.15) is 82.2 Å². The number of hydrogen-bond donors (Lipinski definition) is 1. The first kappa shape index (κ1) is 23.7. The molecule has 7 heteroatoms. The van der Waals surface area contributed by atoms with E-state index >= 15 is 0 Å². The highest BCUT2D eigenvalue weighted by molar-refractivity contribution is 5.94. The van der Waals surface area contributed by atoms with Crippen molar-refractivity contribution in [3.05, 3.63) is 47.5 Å². The van der Waals surface area contributed by atoms with Crippen LogP contribution < -0.4 is 5.32 Å². The molecule has 7 nitrogen and oxygen atoms in total. The van der Waals surface area contributed by atoms with E-state index < -0.39 is 0 Å². The van der Waals surface area contributed by atoms with Crippen LogP contribution in [-0.2, 0) is 5.41 Å². The van der Waals surface area contributed by atoms with Crippen molar-refractivity contribution in [3.8, 4) is 17.3 Å². The van der Waals surface area contributed by atoms with E-state index in [1.165, 1.54) is 12.8 Å². The smallest absolute Gasteiger partial charge is 0.268 e. The molecule has 0 aliphatic heterocycles. The fourth-order valence-corrected chi connectivity index (χ4v) is 3.68. The number of benzene rings is 1. The molecule has 0 aliphatic carbocycles. The van der Waals surface area contributed by atoms with E-state index in [-0.39, 0.29) is 11.3 Å². The van der Waals surface area contributed by atoms with Gasteiger partial charge in [0.2, 0.25) is 5.89 Å². The number of aryl methyl sites for hydroxylation is 1. The summed E-state index contributed by atoms with van der Waals surface area (Å²) in [5, 5.41) is 15.9. The number of rotatable bonds is 9. The Hall–Kier alpha value is -2.96. The van der Waals surface area contributed by atoms with Crippen molar-refractivity contribution in [2.75, 3.05) is 6.54 Å². The predicted molar refractivity (Wildman–Crippen MR) is 126 cm³/mol. The molecule has 0 fully saturated rings. The number of aromatic nitrogens is 4. The summed E-state index contributed by atoms with van der Waals surface area (Å²) in [7, 11) is 0. The Labute approximate surface area is 190 Å². The van der Waals surface area contributed by atoms with Gasteiger partial charge in [-0.25, -0.2) is 4.68 Å². The Bertz CT molecular complexity index is 1040. The summed E-state index contributed by atoms with van der Waals surface area (Å²) in [4.78, 5) is 12.9. The van der Waals surface area contributed by atoms with Crippen molar-refractivity contribution in [2.24, 2.45) is 5.92 Å². The molecule has 0 bridgehead atoms. The normalized spacial score (nSPS) is 12.7. The third-order valence-electron chi connectivity index (χ3n) is 5.67. The van der Waals surface area contributed by atoms with Gasteiger partial charge in [-0.15, -0.1) is 10.2 Å². The van der Waals surface area contributed by atoms with Gasteiger partial charge in [-0.3, -0.25) is 4.79 Å². The largest absolute Gasteiger partial charge is 0.420 e. The SMILES string of the molecule is CCCC[C@H](CC)CNC(=O)c1cccc(-n2nc(-c3nnc(C)o3)cc2C(C)(C)C)c1. The summed E-state index contributed by atoms with van der Waals surface area (Å²) in [6.45, 7) is 13.2. The zero-order valence-electron chi connectivity index (χ0n) is 20.1. The van der Waals surface area contributed by atoms with Crippen LogP contribution >= 0.6 is 0 Å². The number of amides is 1. The zero-order valence-corrected chi connectivity index (χ0v) is 20.1. The molecule has 3 rings (SSSR count). The van der Waals surface area contributed by atoms with Gasteiger partial charge in [0.1, 0.15) is 5.69 Å². The minimum absolute atomic E-state index is 0.0565. The van der Waals surface area contributed by atoms with Gasteiger partial charge in [-0.05, 0) is 36.6 Å². The van der Waals surface area contributed by atoms with Gasteiger partial charge in [0.15, 0.2) is 0 Å². The van der Waals surface area contributed by atoms with Crippen molar-refractivity contribution < 1.29 is 9.21 Å². The van der Waals surface area contributed by atoms with Crippen molar-refractivity contribution in [3.63, 3.8) is 0 Å². The first-order valence-corrected chi connectivity index (χ1v) is 11.5. The Morgan fingerprint density at radius 3 is 2.59 bits per heavy atom. The molecule has 0 saturated carbocycles. The van der Waals surface area contributed by atoms with Gasteiger partial charge in [0.05, 0.1) is 11.4 Å². The molecule has 0 aliphatic rings. The molecule has 2 heterocycles. The van der Waals surface area contributed by atoms with E-state index in [1.807, 2.05) is 35.0 Å². The number of hydrogen-bond acceptors (Lipinski definition) is 5. The maximum Gasteiger partial charge on any atom is 0.268 e. The van der Waals surface area contributed by atoms with E-state index in [2.05, 4.69) is 50.1 Å². The molecule has 1 aromatic carbocycles. The van der Waals surface area contributed by atoms with Crippen LogP contribution in [0.25, 0.3) is 17.3 Å². The standard InChI is InChI=1S/C25H35N5O2/c1-7-9-11-18(8-2)16-26-23(31)19-12-10-13-20(14-19)30-22(25(4,5)6)15-21(29-30)24-28-27-17(3)32-24/h10,12-15,18H,7-9,11,16H2,1-6H3,(H,26,31)/t18-/m0/s1. The minimum atomic E-state index is -0.174. The average Bonchev–Trinajstić information content (AvgIpc) is 3.40. The summed E-state index contributed by atoms with van der Waals surface area (Å²) in [5.74, 6) is 1.34. The Balaban J connectivity index is 1.87. The lowest BCUT2D eigenvalue weighted by molar-refractivity contribution is 0.0945. The molecule has 2 aromatic heterocycles. The summed E-state index contributed by atoms with van der Waals surface area (Å²) in [6.07, 6.45) is 4.59. The van der Waals surface area contributed by atoms with E-state index in [0.29, 0.717) is 35.5 Å². The van der Waals surface area contributed by atoms with Crippen LogP contribution in [0, 0.1) is 12.8 Å². The second-order valence-corrected chi connectivity index (χ2v) is 9.38. The predicted octanol–water partition coefficient (Wildman–Crippen LogP) is 5.47. The van der Waals surface area contributed by atoms with E-state index in [9.17, 15) is 4.79 Å². The Morgan fingerprint density at radius 2 is 1.97 bits per heavy atom. The fourth-order valence-electron chi connectivity index (χ4n) is 3.68. The summed E-state index contributed by atoms with van der Waals surface area (Å²) >= 11 is 0. The molecule has 3 aromatic rings. The molecule has 0 spiro atoms. The maximum atomic E-state index is 12.9. The number of carbonyl (C=O) groups is 1. The van der Waals surface area contributed by atoms with Crippen LogP contribution in [-0.4, -0.2) is 32.4 Å². The van der Waals surface area contributed by atoms with Crippen LogP contribution in [0.15, 0.2) is 34.7 Å². The lowest BCUT2D eigenvalue weighted by Gasteiger charge is -2.20. The monoisotopic (exact) mass is 437 g/mol. The molecule has 0 saturated heterocycles. The van der Waals surface area contributed by atoms with E-state index in [1.54, 1.807) is 6.92 Å². The maximum absolute atomic E-state index is 12.9. The topological polar surface area (TPSA) is 85.8 Å². The van der Waals surface area contributed by atoms with Gasteiger partial charge in [-0.1, -0.05) is 59.9 Å². The highest BCUT2D eigenvalue weighted by atomic mass is 16.4. The van der Waals surface area contributed by atoms with Crippen molar-refractivity contribution in [1.82, 2.24) is 25.3 Å². The fraction of sp³-hybridized carbons (Fsp3) is 0.520. The van der Waals surface area contributed by atoms with Gasteiger partial charge in [0.25, 0.3) is 11.8 Å². The number of carbonyl (C=O) groups excluding carboxylic acids is 1. The molecule has 172 valence electrons. The van der Waals surface area contributed by atoms with E-state index in [0.717, 1.165) is 24.2 Å². The molecule has 0 radical (unpaired) electrons. The van der Waals surface area contributed by atoms with Crippen LogP contribution in [0.3, 0.4) is 0 Å². The average molecular weight is 438 g/mol. The molecule has 1 N–H and O–H groups in total. The summed E-state index contributed by atoms with van der Waals surface area (Å²) in [6, 6.07) is 9.54. The van der Waals surface area contributed by atoms with Gasteiger partial charge in [0, 0.05) is 24.4 Å². The molecular formula is C25H35N5O2. The number of nitrogens with one attached hydrogen (secondary N) is 1. The van der Waals surface area contributed by atoms with Crippen molar-refractivity contribution in [1.29, 1.82) is 0 Å². The lowest BCUT2D eigenvalue weighted by Crippen LogP contribution is -2.29. The van der Waals surface area contributed by atoms with Crippen molar-refractivity contribution in [2.45, 2.75) is 72.6 Å². The van der Waals surface area contributed by atoms with Crippen molar-refractivity contribution >= 4 is 5.91 Å².